The molecular weight excluding hydrogens is 460 g/mol. The van der Waals surface area contributed by atoms with Gasteiger partial charge in [0.15, 0.2) is 0 Å². The van der Waals surface area contributed by atoms with Crippen LogP contribution < -0.4 is 10.1 Å². The molecule has 3 aromatic carbocycles. The third kappa shape index (κ3) is 6.22. The summed E-state index contributed by atoms with van der Waals surface area (Å²) in [7, 11) is 1.69. The van der Waals surface area contributed by atoms with Gasteiger partial charge in [0, 0.05) is 24.9 Å². The number of hydrogen-bond donors (Lipinski definition) is 1. The van der Waals surface area contributed by atoms with Gasteiger partial charge in [0.05, 0.1) is 25.0 Å². The number of piperidine rings is 1. The van der Waals surface area contributed by atoms with E-state index in [1.807, 2.05) is 30.3 Å². The monoisotopic (exact) mass is 492 g/mol. The van der Waals surface area contributed by atoms with Crippen molar-refractivity contribution in [2.45, 2.75) is 25.4 Å². The predicted octanol–water partition coefficient (Wildman–Crippen LogP) is 5.27. The van der Waals surface area contributed by atoms with Crippen LogP contribution in [0.15, 0.2) is 97.5 Å². The van der Waals surface area contributed by atoms with Gasteiger partial charge < -0.3 is 10.1 Å². The van der Waals surface area contributed by atoms with Gasteiger partial charge in [-0.15, -0.1) is 0 Å². The van der Waals surface area contributed by atoms with Crippen molar-refractivity contribution >= 4 is 5.91 Å². The fourth-order valence-corrected chi connectivity index (χ4v) is 4.93. The lowest BCUT2D eigenvalue weighted by molar-refractivity contribution is -0.127. The zero-order chi connectivity index (χ0) is 25.5. The zero-order valence-electron chi connectivity index (χ0n) is 21.1. The molecule has 37 heavy (non-hydrogen) atoms. The fraction of sp³-hybridized carbons (Fsp3) is 0.258. The molecule has 6 heteroatoms. The summed E-state index contributed by atoms with van der Waals surface area (Å²) in [6, 6.07) is 26.4. The van der Waals surface area contributed by atoms with Crippen LogP contribution in [0.4, 0.5) is 0 Å². The van der Waals surface area contributed by atoms with Gasteiger partial charge in [0.2, 0.25) is 5.91 Å². The highest BCUT2D eigenvalue weighted by molar-refractivity contribution is 5.79. The highest BCUT2D eigenvalue weighted by atomic mass is 16.5. The molecule has 1 amide bonds. The molecule has 0 radical (unpaired) electrons. The van der Waals surface area contributed by atoms with E-state index in [4.69, 9.17) is 4.74 Å². The number of rotatable bonds is 8. The van der Waals surface area contributed by atoms with E-state index in [0.29, 0.717) is 0 Å². The predicted molar refractivity (Wildman–Crippen MR) is 145 cm³/mol. The SMILES string of the molecule is COc1cccc(CN2CCC(C(=O)NC(c3ccc(-c4ccccc4)cc3)c3cnccn3)CC2)c1. The lowest BCUT2D eigenvalue weighted by Gasteiger charge is -2.32. The molecule has 0 aliphatic carbocycles. The zero-order valence-corrected chi connectivity index (χ0v) is 21.1. The van der Waals surface area contributed by atoms with Gasteiger partial charge in [-0.3, -0.25) is 19.7 Å². The van der Waals surface area contributed by atoms with Gasteiger partial charge in [0.1, 0.15) is 5.75 Å². The molecule has 5 rings (SSSR count). The van der Waals surface area contributed by atoms with Crippen LogP contribution in [0.3, 0.4) is 0 Å². The van der Waals surface area contributed by atoms with Crippen molar-refractivity contribution in [2.75, 3.05) is 20.2 Å². The number of carbonyl (C=O) groups excluding carboxylic acids is 1. The third-order valence-corrected chi connectivity index (χ3v) is 7.02. The topological polar surface area (TPSA) is 67.3 Å². The Balaban J connectivity index is 1.25. The lowest BCUT2D eigenvalue weighted by atomic mass is 9.94. The van der Waals surface area contributed by atoms with Crippen molar-refractivity contribution < 1.29 is 9.53 Å². The third-order valence-electron chi connectivity index (χ3n) is 7.02. The maximum absolute atomic E-state index is 13.4. The Morgan fingerprint density at radius 1 is 0.973 bits per heavy atom. The smallest absolute Gasteiger partial charge is 0.224 e. The van der Waals surface area contributed by atoms with Gasteiger partial charge in [-0.25, -0.2) is 0 Å². The molecule has 1 atom stereocenters. The van der Waals surface area contributed by atoms with Crippen LogP contribution in [0, 0.1) is 5.92 Å². The summed E-state index contributed by atoms with van der Waals surface area (Å²) >= 11 is 0. The summed E-state index contributed by atoms with van der Waals surface area (Å²) in [6.07, 6.45) is 6.71. The fourth-order valence-electron chi connectivity index (χ4n) is 4.93. The number of benzene rings is 3. The standard InChI is InChI=1S/C31H32N4O2/c1-37-28-9-5-6-23(20-28)22-35-18-14-27(15-19-35)31(36)34-30(29-21-32-16-17-33-29)26-12-10-25(11-13-26)24-7-3-2-4-8-24/h2-13,16-17,20-21,27,30H,14-15,18-19,22H2,1H3,(H,34,36). The number of likely N-dealkylation sites (tertiary alicyclic amines) is 1. The van der Waals surface area contributed by atoms with Crippen molar-refractivity contribution in [3.8, 4) is 16.9 Å². The number of aromatic nitrogens is 2. The number of nitrogens with zero attached hydrogens (tertiary/aromatic N) is 3. The molecule has 1 unspecified atom stereocenters. The van der Waals surface area contributed by atoms with E-state index in [0.717, 1.165) is 60.6 Å². The van der Waals surface area contributed by atoms with E-state index in [1.165, 1.54) is 5.56 Å². The Kier molecular flexibility index (Phi) is 7.87. The Hall–Kier alpha value is -4.03. The average molecular weight is 493 g/mol. The minimum Gasteiger partial charge on any atom is -0.497 e. The van der Waals surface area contributed by atoms with Gasteiger partial charge >= 0.3 is 0 Å². The first-order chi connectivity index (χ1) is 18.2. The van der Waals surface area contributed by atoms with Crippen molar-refractivity contribution in [3.63, 3.8) is 0 Å². The second-order valence-electron chi connectivity index (χ2n) is 9.46. The summed E-state index contributed by atoms with van der Waals surface area (Å²) in [5.41, 5.74) is 5.25. The molecule has 188 valence electrons. The maximum Gasteiger partial charge on any atom is 0.224 e. The largest absolute Gasteiger partial charge is 0.497 e. The number of amides is 1. The lowest BCUT2D eigenvalue weighted by Crippen LogP contribution is -2.41. The number of methoxy groups -OCH3 is 1. The minimum atomic E-state index is -0.346. The van der Waals surface area contributed by atoms with Crippen LogP contribution >= 0.6 is 0 Å². The molecular formula is C31H32N4O2. The quantitative estimate of drug-likeness (QED) is 0.363. The number of carbonyl (C=O) groups is 1. The van der Waals surface area contributed by atoms with E-state index in [9.17, 15) is 4.79 Å². The van der Waals surface area contributed by atoms with Gasteiger partial charge in [0.25, 0.3) is 0 Å². The van der Waals surface area contributed by atoms with Crippen LogP contribution in [0.1, 0.15) is 35.7 Å². The van der Waals surface area contributed by atoms with Crippen LogP contribution in [-0.4, -0.2) is 41.0 Å². The first-order valence-corrected chi connectivity index (χ1v) is 12.8. The van der Waals surface area contributed by atoms with Crippen LogP contribution in [0.25, 0.3) is 11.1 Å². The number of nitrogens with one attached hydrogen (secondary N) is 1. The maximum atomic E-state index is 13.4. The van der Waals surface area contributed by atoms with Gasteiger partial charge in [-0.05, 0) is 60.3 Å². The van der Waals surface area contributed by atoms with Crippen molar-refractivity contribution in [1.82, 2.24) is 20.2 Å². The summed E-state index contributed by atoms with van der Waals surface area (Å²) in [4.78, 5) is 24.6. The molecule has 1 N–H and O–H groups in total. The van der Waals surface area contributed by atoms with Gasteiger partial charge in [-0.2, -0.15) is 0 Å². The first kappa shape index (κ1) is 24.7. The van der Waals surface area contributed by atoms with Crippen molar-refractivity contribution in [3.05, 3.63) is 114 Å². The molecule has 0 bridgehead atoms. The Morgan fingerprint density at radius 3 is 2.43 bits per heavy atom. The van der Waals surface area contributed by atoms with Crippen LogP contribution in [0.2, 0.25) is 0 Å². The normalized spacial score (nSPS) is 15.2. The molecule has 1 saturated heterocycles. The first-order valence-electron chi connectivity index (χ1n) is 12.8. The highest BCUT2D eigenvalue weighted by Crippen LogP contribution is 2.27. The minimum absolute atomic E-state index is 0.0238. The van der Waals surface area contributed by atoms with E-state index in [2.05, 4.69) is 68.7 Å². The van der Waals surface area contributed by atoms with Crippen LogP contribution in [0.5, 0.6) is 5.75 Å². The summed E-state index contributed by atoms with van der Waals surface area (Å²) in [6.45, 7) is 2.63. The van der Waals surface area contributed by atoms with Crippen molar-refractivity contribution in [2.24, 2.45) is 5.92 Å². The molecule has 1 fully saturated rings. The molecule has 4 aromatic rings. The van der Waals surface area contributed by atoms with E-state index >= 15 is 0 Å². The van der Waals surface area contributed by atoms with E-state index in [1.54, 1.807) is 25.7 Å². The molecule has 6 nitrogen and oxygen atoms in total. The average Bonchev–Trinajstić information content (AvgIpc) is 2.97. The summed E-state index contributed by atoms with van der Waals surface area (Å²) in [5.74, 6) is 0.923. The van der Waals surface area contributed by atoms with E-state index < -0.39 is 0 Å². The molecule has 0 spiro atoms. The second kappa shape index (κ2) is 11.8. The van der Waals surface area contributed by atoms with E-state index in [-0.39, 0.29) is 17.9 Å². The van der Waals surface area contributed by atoms with Crippen molar-refractivity contribution in [1.29, 1.82) is 0 Å². The second-order valence-corrected chi connectivity index (χ2v) is 9.46. The highest BCUT2D eigenvalue weighted by Gasteiger charge is 2.28. The van der Waals surface area contributed by atoms with Gasteiger partial charge in [-0.1, -0.05) is 66.7 Å². The molecule has 1 aromatic heterocycles. The number of ether oxygens (including phenoxy) is 1. The molecule has 2 heterocycles. The Labute approximate surface area is 218 Å². The Morgan fingerprint density at radius 2 is 1.73 bits per heavy atom. The Bertz CT molecular complexity index is 1290. The molecule has 0 saturated carbocycles. The van der Waals surface area contributed by atoms with Crippen LogP contribution in [-0.2, 0) is 11.3 Å². The summed E-state index contributed by atoms with van der Waals surface area (Å²) < 4.78 is 5.35. The molecule has 1 aliphatic heterocycles. The molecule has 1 aliphatic rings. The summed E-state index contributed by atoms with van der Waals surface area (Å²) in [5, 5.41) is 3.28. The number of hydrogen-bond acceptors (Lipinski definition) is 5.